The van der Waals surface area contributed by atoms with Crippen LogP contribution >= 0.6 is 0 Å². The molecule has 0 radical (unpaired) electrons. The van der Waals surface area contributed by atoms with E-state index >= 15 is 0 Å². The van der Waals surface area contributed by atoms with Gasteiger partial charge in [-0.1, -0.05) is 20.8 Å². The van der Waals surface area contributed by atoms with Gasteiger partial charge in [-0.25, -0.2) is 4.98 Å². The number of aromatic nitrogens is 1. The van der Waals surface area contributed by atoms with Crippen molar-refractivity contribution in [1.29, 1.82) is 0 Å². The molecule has 0 aliphatic heterocycles. The van der Waals surface area contributed by atoms with Crippen LogP contribution in [0.15, 0.2) is 12.1 Å². The van der Waals surface area contributed by atoms with Gasteiger partial charge in [0, 0.05) is 25.3 Å². The molecular formula is C16H29N3. The highest BCUT2D eigenvalue weighted by Crippen LogP contribution is 2.17. The van der Waals surface area contributed by atoms with Gasteiger partial charge in [0.1, 0.15) is 5.82 Å². The largest absolute Gasteiger partial charge is 0.357 e. The van der Waals surface area contributed by atoms with Gasteiger partial charge < -0.3 is 10.2 Å². The average molecular weight is 263 g/mol. The van der Waals surface area contributed by atoms with Crippen LogP contribution in [0.2, 0.25) is 0 Å². The lowest BCUT2D eigenvalue weighted by molar-refractivity contribution is 0.650. The zero-order valence-corrected chi connectivity index (χ0v) is 13.2. The Bertz CT molecular complexity index is 376. The minimum atomic E-state index is 0.524. The predicted molar refractivity (Wildman–Crippen MR) is 83.8 cm³/mol. The van der Waals surface area contributed by atoms with E-state index in [9.17, 15) is 0 Å². The summed E-state index contributed by atoms with van der Waals surface area (Å²) in [5, 5.41) is 3.47. The second-order valence-electron chi connectivity index (χ2n) is 5.22. The summed E-state index contributed by atoms with van der Waals surface area (Å²) in [4.78, 5) is 7.03. The van der Waals surface area contributed by atoms with Crippen LogP contribution in [0.3, 0.4) is 0 Å². The molecule has 1 rings (SSSR count). The first-order valence-electron chi connectivity index (χ1n) is 7.55. The van der Waals surface area contributed by atoms with Crippen molar-refractivity contribution in [3.8, 4) is 0 Å². The fourth-order valence-electron chi connectivity index (χ4n) is 2.01. The van der Waals surface area contributed by atoms with E-state index in [-0.39, 0.29) is 0 Å². The van der Waals surface area contributed by atoms with Gasteiger partial charge in [-0.05, 0) is 50.4 Å². The van der Waals surface area contributed by atoms with Crippen molar-refractivity contribution >= 4 is 5.82 Å². The summed E-state index contributed by atoms with van der Waals surface area (Å²) >= 11 is 0. The number of aryl methyl sites for hydroxylation is 1. The number of rotatable bonds is 8. The summed E-state index contributed by atoms with van der Waals surface area (Å²) in [5.41, 5.74) is 2.52. The third kappa shape index (κ3) is 4.83. The molecule has 1 atom stereocenters. The summed E-state index contributed by atoms with van der Waals surface area (Å²) < 4.78 is 0. The smallest absolute Gasteiger partial charge is 0.129 e. The summed E-state index contributed by atoms with van der Waals surface area (Å²) in [5.74, 6) is 1.10. The van der Waals surface area contributed by atoms with E-state index in [1.807, 2.05) is 0 Å². The van der Waals surface area contributed by atoms with Crippen LogP contribution in [0.4, 0.5) is 5.82 Å². The lowest BCUT2D eigenvalue weighted by Gasteiger charge is -2.26. The Morgan fingerprint density at radius 2 is 2.00 bits per heavy atom. The minimum absolute atomic E-state index is 0.524. The molecular weight excluding hydrogens is 234 g/mol. The maximum absolute atomic E-state index is 4.75. The highest BCUT2D eigenvalue weighted by Gasteiger charge is 2.11. The monoisotopic (exact) mass is 263 g/mol. The lowest BCUT2D eigenvalue weighted by atomic mass is 10.1. The van der Waals surface area contributed by atoms with Gasteiger partial charge in [-0.3, -0.25) is 0 Å². The van der Waals surface area contributed by atoms with Gasteiger partial charge in [0.2, 0.25) is 0 Å². The third-order valence-corrected chi connectivity index (χ3v) is 3.66. The fraction of sp³-hybridized carbons (Fsp3) is 0.688. The zero-order valence-electron chi connectivity index (χ0n) is 13.2. The number of hydrogen-bond acceptors (Lipinski definition) is 3. The molecule has 1 aromatic heterocycles. The van der Waals surface area contributed by atoms with E-state index < -0.39 is 0 Å². The van der Waals surface area contributed by atoms with Crippen LogP contribution in [-0.2, 0) is 13.0 Å². The number of anilines is 1. The van der Waals surface area contributed by atoms with Crippen molar-refractivity contribution < 1.29 is 0 Å². The Morgan fingerprint density at radius 3 is 2.58 bits per heavy atom. The van der Waals surface area contributed by atoms with E-state index in [1.165, 1.54) is 17.7 Å². The topological polar surface area (TPSA) is 28.2 Å². The molecule has 0 aliphatic carbocycles. The molecule has 108 valence electrons. The Hall–Kier alpha value is -1.09. The lowest BCUT2D eigenvalue weighted by Crippen LogP contribution is -2.29. The van der Waals surface area contributed by atoms with Gasteiger partial charge in [0.05, 0.1) is 0 Å². The highest BCUT2D eigenvalue weighted by atomic mass is 15.2. The number of nitrogens with one attached hydrogen (secondary N) is 1. The van der Waals surface area contributed by atoms with E-state index in [0.717, 1.165) is 31.7 Å². The summed E-state index contributed by atoms with van der Waals surface area (Å²) in [6, 6.07) is 4.96. The quantitative estimate of drug-likeness (QED) is 0.729. The van der Waals surface area contributed by atoms with Gasteiger partial charge in [-0.2, -0.15) is 0 Å². The maximum atomic E-state index is 4.75. The van der Waals surface area contributed by atoms with Crippen LogP contribution < -0.4 is 10.2 Å². The van der Waals surface area contributed by atoms with Crippen LogP contribution in [0.5, 0.6) is 0 Å². The molecule has 1 N–H and O–H groups in total. The Labute approximate surface area is 118 Å². The second kappa shape index (κ2) is 8.16. The maximum Gasteiger partial charge on any atom is 0.129 e. The summed E-state index contributed by atoms with van der Waals surface area (Å²) in [7, 11) is 2.14. The predicted octanol–water partition coefficient (Wildman–Crippen LogP) is 3.38. The Morgan fingerprint density at radius 1 is 1.26 bits per heavy atom. The molecule has 0 amide bonds. The first-order valence-corrected chi connectivity index (χ1v) is 7.55. The van der Waals surface area contributed by atoms with Gasteiger partial charge >= 0.3 is 0 Å². The fourth-order valence-corrected chi connectivity index (χ4v) is 2.01. The molecule has 0 aliphatic rings. The zero-order chi connectivity index (χ0) is 14.3. The van der Waals surface area contributed by atoms with Gasteiger partial charge in [-0.15, -0.1) is 0 Å². The van der Waals surface area contributed by atoms with E-state index in [4.69, 9.17) is 4.98 Å². The van der Waals surface area contributed by atoms with Crippen LogP contribution in [-0.4, -0.2) is 24.6 Å². The molecule has 0 saturated carbocycles. The minimum Gasteiger partial charge on any atom is -0.357 e. The second-order valence-corrected chi connectivity index (χ2v) is 5.22. The van der Waals surface area contributed by atoms with Crippen molar-refractivity contribution in [1.82, 2.24) is 10.3 Å². The molecule has 0 aromatic carbocycles. The van der Waals surface area contributed by atoms with E-state index in [2.05, 4.69) is 57.1 Å². The average Bonchev–Trinajstić information content (AvgIpc) is 2.45. The molecule has 1 aromatic rings. The van der Waals surface area contributed by atoms with Gasteiger partial charge in [0.15, 0.2) is 0 Å². The highest BCUT2D eigenvalue weighted by molar-refractivity contribution is 5.43. The number of nitrogens with zero attached hydrogens (tertiary/aromatic N) is 2. The van der Waals surface area contributed by atoms with Crippen molar-refractivity contribution in [2.75, 3.05) is 18.5 Å². The molecule has 0 fully saturated rings. The standard InChI is InChI=1S/C16H29N3/c1-6-9-17-12-14-10-15(8-3)18-16(11-14)19(5)13(4)7-2/h10-11,13,17H,6-9,12H2,1-5H3. The molecule has 3 nitrogen and oxygen atoms in total. The third-order valence-electron chi connectivity index (χ3n) is 3.66. The van der Waals surface area contributed by atoms with Gasteiger partial charge in [0.25, 0.3) is 0 Å². The molecule has 19 heavy (non-hydrogen) atoms. The van der Waals surface area contributed by atoms with Crippen molar-refractivity contribution in [3.63, 3.8) is 0 Å². The molecule has 1 unspecified atom stereocenters. The SMILES string of the molecule is CCCNCc1cc(CC)nc(N(C)C(C)CC)c1. The summed E-state index contributed by atoms with van der Waals surface area (Å²) in [6.45, 7) is 10.8. The Kier molecular flexibility index (Phi) is 6.85. The Balaban J connectivity index is 2.88. The number of hydrogen-bond donors (Lipinski definition) is 1. The molecule has 0 saturated heterocycles. The summed E-state index contributed by atoms with van der Waals surface area (Å²) in [6.07, 6.45) is 3.30. The first kappa shape index (κ1) is 16.0. The normalized spacial score (nSPS) is 12.5. The van der Waals surface area contributed by atoms with Crippen LogP contribution in [0.1, 0.15) is 51.8 Å². The van der Waals surface area contributed by atoms with E-state index in [0.29, 0.717) is 6.04 Å². The molecule has 3 heteroatoms. The van der Waals surface area contributed by atoms with E-state index in [1.54, 1.807) is 0 Å². The van der Waals surface area contributed by atoms with Crippen molar-refractivity contribution in [2.24, 2.45) is 0 Å². The number of pyridine rings is 1. The van der Waals surface area contributed by atoms with Crippen LogP contribution in [0, 0.1) is 0 Å². The van der Waals surface area contributed by atoms with Crippen LogP contribution in [0.25, 0.3) is 0 Å². The molecule has 0 spiro atoms. The first-order chi connectivity index (χ1) is 9.12. The molecule has 1 heterocycles. The van der Waals surface area contributed by atoms with Crippen molar-refractivity contribution in [2.45, 2.75) is 59.5 Å². The molecule has 0 bridgehead atoms. The van der Waals surface area contributed by atoms with Crippen molar-refractivity contribution in [3.05, 3.63) is 23.4 Å².